The molecular formula is C13H19O2. The Balaban J connectivity index is 2.30. The summed E-state index contributed by atoms with van der Waals surface area (Å²) in [5, 5.41) is 0. The summed E-state index contributed by atoms with van der Waals surface area (Å²) in [6, 6.07) is 7.94. The maximum absolute atomic E-state index is 5.56. The fourth-order valence-corrected chi connectivity index (χ4v) is 1.39. The van der Waals surface area contributed by atoms with Crippen LogP contribution < -0.4 is 4.74 Å². The third kappa shape index (κ3) is 4.34. The number of ether oxygens (including phenoxy) is 2. The Morgan fingerprint density at radius 2 is 2.00 bits per heavy atom. The van der Waals surface area contributed by atoms with Crippen LogP contribution in [0, 0.1) is 6.92 Å². The lowest BCUT2D eigenvalue weighted by Gasteiger charge is -2.08. The van der Waals surface area contributed by atoms with Crippen LogP contribution in [0.15, 0.2) is 24.3 Å². The van der Waals surface area contributed by atoms with Crippen LogP contribution in [0.1, 0.15) is 24.8 Å². The number of para-hydroxylation sites is 1. The highest BCUT2D eigenvalue weighted by Gasteiger charge is 2.00. The highest BCUT2D eigenvalue weighted by atomic mass is 16.5. The van der Waals surface area contributed by atoms with Gasteiger partial charge < -0.3 is 9.47 Å². The molecule has 0 spiro atoms. The predicted octanol–water partition coefficient (Wildman–Crippen LogP) is 3.22. The molecule has 2 heteroatoms. The molecule has 0 amide bonds. The minimum absolute atomic E-state index is 0.626. The Kier molecular flexibility index (Phi) is 5.86. The molecule has 1 radical (unpaired) electrons. The van der Waals surface area contributed by atoms with Gasteiger partial charge in [0.25, 0.3) is 0 Å². The zero-order valence-electron chi connectivity index (χ0n) is 9.37. The molecule has 0 fully saturated rings. The molecule has 0 aliphatic rings. The van der Waals surface area contributed by atoms with Gasteiger partial charge in [0.05, 0.1) is 13.7 Å². The second-order valence-corrected chi connectivity index (χ2v) is 3.43. The van der Waals surface area contributed by atoms with E-state index in [1.165, 1.54) is 0 Å². The van der Waals surface area contributed by atoms with Gasteiger partial charge in [0.1, 0.15) is 5.75 Å². The van der Waals surface area contributed by atoms with E-state index in [0.717, 1.165) is 37.2 Å². The Hall–Kier alpha value is -1.02. The lowest BCUT2D eigenvalue weighted by atomic mass is 10.2. The Morgan fingerprint density at radius 1 is 1.20 bits per heavy atom. The molecule has 1 rings (SSSR count). The minimum atomic E-state index is 0.626. The average Bonchev–Trinajstić information content (AvgIpc) is 2.29. The molecule has 83 valence electrons. The molecule has 0 unspecified atom stereocenters. The van der Waals surface area contributed by atoms with Crippen molar-refractivity contribution in [3.8, 4) is 5.75 Å². The number of unbranched alkanes of at least 4 members (excludes halogenated alkanes) is 2. The van der Waals surface area contributed by atoms with Crippen molar-refractivity contribution in [1.82, 2.24) is 0 Å². The van der Waals surface area contributed by atoms with Crippen molar-refractivity contribution in [2.45, 2.75) is 25.9 Å². The fraction of sp³-hybridized carbons (Fsp3) is 0.462. The molecule has 1 aromatic carbocycles. The molecule has 0 atom stereocenters. The van der Waals surface area contributed by atoms with E-state index in [0.29, 0.717) is 6.61 Å². The van der Waals surface area contributed by atoms with Crippen molar-refractivity contribution in [2.75, 3.05) is 13.7 Å². The number of benzene rings is 1. The van der Waals surface area contributed by atoms with Crippen LogP contribution >= 0.6 is 0 Å². The van der Waals surface area contributed by atoms with Crippen molar-refractivity contribution in [2.24, 2.45) is 0 Å². The third-order valence-electron chi connectivity index (χ3n) is 2.24. The van der Waals surface area contributed by atoms with E-state index in [4.69, 9.17) is 9.47 Å². The maximum Gasteiger partial charge on any atom is 0.124 e. The fourth-order valence-electron chi connectivity index (χ4n) is 1.39. The van der Waals surface area contributed by atoms with Crippen molar-refractivity contribution in [3.63, 3.8) is 0 Å². The summed E-state index contributed by atoms with van der Waals surface area (Å²) in [5.74, 6) is 0.898. The van der Waals surface area contributed by atoms with E-state index in [9.17, 15) is 0 Å². The molecule has 0 aliphatic carbocycles. The lowest BCUT2D eigenvalue weighted by Crippen LogP contribution is -1.97. The molecule has 0 aromatic heterocycles. The van der Waals surface area contributed by atoms with E-state index < -0.39 is 0 Å². The van der Waals surface area contributed by atoms with Gasteiger partial charge in [0, 0.05) is 12.2 Å². The Bertz CT molecular complexity index is 271. The summed E-state index contributed by atoms with van der Waals surface area (Å²) in [4.78, 5) is 0. The summed E-state index contributed by atoms with van der Waals surface area (Å²) in [5.41, 5.74) is 1.11. The van der Waals surface area contributed by atoms with Crippen LogP contribution in [0.5, 0.6) is 5.75 Å². The first kappa shape index (κ1) is 12.1. The first-order valence-corrected chi connectivity index (χ1v) is 5.37. The molecule has 0 saturated carbocycles. The van der Waals surface area contributed by atoms with Crippen LogP contribution in [0.3, 0.4) is 0 Å². The summed E-state index contributed by atoms with van der Waals surface area (Å²) < 4.78 is 10.8. The van der Waals surface area contributed by atoms with E-state index in [1.807, 2.05) is 24.3 Å². The summed E-state index contributed by atoms with van der Waals surface area (Å²) >= 11 is 0. The first-order chi connectivity index (χ1) is 7.38. The molecule has 2 nitrogen and oxygen atoms in total. The SMILES string of the molecule is [CH2]CCCCOCc1ccccc1OC. The normalized spacial score (nSPS) is 10.3. The highest BCUT2D eigenvalue weighted by molar-refractivity contribution is 5.32. The van der Waals surface area contributed by atoms with Gasteiger partial charge >= 0.3 is 0 Å². The largest absolute Gasteiger partial charge is 0.496 e. The van der Waals surface area contributed by atoms with Gasteiger partial charge in [-0.3, -0.25) is 0 Å². The molecule has 0 heterocycles. The quantitative estimate of drug-likeness (QED) is 0.639. The second kappa shape index (κ2) is 7.30. The van der Waals surface area contributed by atoms with Crippen molar-refractivity contribution >= 4 is 0 Å². The molecule has 0 bridgehead atoms. The van der Waals surface area contributed by atoms with Crippen LogP contribution in [0.2, 0.25) is 0 Å². The number of methoxy groups -OCH3 is 1. The molecule has 1 aromatic rings. The van der Waals surface area contributed by atoms with E-state index in [1.54, 1.807) is 7.11 Å². The van der Waals surface area contributed by atoms with Gasteiger partial charge in [0.15, 0.2) is 0 Å². The van der Waals surface area contributed by atoms with Gasteiger partial charge in [0.2, 0.25) is 0 Å². The zero-order chi connectivity index (χ0) is 10.9. The van der Waals surface area contributed by atoms with Gasteiger partial charge in [-0.2, -0.15) is 0 Å². The van der Waals surface area contributed by atoms with E-state index in [2.05, 4.69) is 6.92 Å². The third-order valence-corrected chi connectivity index (χ3v) is 2.24. The Morgan fingerprint density at radius 3 is 2.73 bits per heavy atom. The molecule has 0 saturated heterocycles. The number of hydrogen-bond acceptors (Lipinski definition) is 2. The highest BCUT2D eigenvalue weighted by Crippen LogP contribution is 2.17. The first-order valence-electron chi connectivity index (χ1n) is 5.37. The van der Waals surface area contributed by atoms with Crippen molar-refractivity contribution < 1.29 is 9.47 Å². The molecular weight excluding hydrogens is 188 g/mol. The van der Waals surface area contributed by atoms with E-state index in [-0.39, 0.29) is 0 Å². The Labute approximate surface area is 92.2 Å². The molecule has 0 aliphatic heterocycles. The molecule has 15 heavy (non-hydrogen) atoms. The summed E-state index contributed by atoms with van der Waals surface area (Å²) in [6.45, 7) is 5.22. The second-order valence-electron chi connectivity index (χ2n) is 3.43. The summed E-state index contributed by atoms with van der Waals surface area (Å²) in [6.07, 6.45) is 3.20. The number of hydrogen-bond donors (Lipinski definition) is 0. The summed E-state index contributed by atoms with van der Waals surface area (Å²) in [7, 11) is 1.68. The van der Waals surface area contributed by atoms with Crippen molar-refractivity contribution in [3.05, 3.63) is 36.8 Å². The maximum atomic E-state index is 5.56. The lowest BCUT2D eigenvalue weighted by molar-refractivity contribution is 0.115. The molecule has 0 N–H and O–H groups in total. The predicted molar refractivity (Wildman–Crippen MR) is 61.9 cm³/mol. The smallest absolute Gasteiger partial charge is 0.124 e. The zero-order valence-corrected chi connectivity index (χ0v) is 9.37. The van der Waals surface area contributed by atoms with E-state index >= 15 is 0 Å². The minimum Gasteiger partial charge on any atom is -0.496 e. The van der Waals surface area contributed by atoms with Gasteiger partial charge in [-0.1, -0.05) is 38.0 Å². The van der Waals surface area contributed by atoms with Gasteiger partial charge in [-0.25, -0.2) is 0 Å². The van der Waals surface area contributed by atoms with Crippen LogP contribution in [-0.2, 0) is 11.3 Å². The van der Waals surface area contributed by atoms with Gasteiger partial charge in [-0.05, 0) is 12.5 Å². The monoisotopic (exact) mass is 207 g/mol. The van der Waals surface area contributed by atoms with Crippen molar-refractivity contribution in [1.29, 1.82) is 0 Å². The average molecular weight is 207 g/mol. The topological polar surface area (TPSA) is 18.5 Å². The van der Waals surface area contributed by atoms with Gasteiger partial charge in [-0.15, -0.1) is 0 Å². The number of rotatable bonds is 7. The van der Waals surface area contributed by atoms with Crippen LogP contribution in [-0.4, -0.2) is 13.7 Å². The van der Waals surface area contributed by atoms with Crippen LogP contribution in [0.4, 0.5) is 0 Å². The standard InChI is InChI=1S/C13H19O2/c1-3-4-7-10-15-11-12-8-5-6-9-13(12)14-2/h5-6,8-9H,1,3-4,7,10-11H2,2H3. The van der Waals surface area contributed by atoms with Crippen LogP contribution in [0.25, 0.3) is 0 Å².